The van der Waals surface area contributed by atoms with Crippen LogP contribution in [0.15, 0.2) is 24.4 Å². The molecule has 1 heterocycles. The second kappa shape index (κ2) is 5.74. The molecule has 110 valence electrons. The first-order chi connectivity index (χ1) is 9.88. The third-order valence-electron chi connectivity index (χ3n) is 3.17. The Morgan fingerprint density at radius 2 is 1.95 bits per heavy atom. The quantitative estimate of drug-likeness (QED) is 0.690. The standard InChI is InChI=1S/C14H16N4O3/c1-9-5-4-6-10(2)14(9)15-13(19)8-17-7-12(18(20)21)11(3)16-17/h4-7H,8H2,1-3H3,(H,15,19). The van der Waals surface area contributed by atoms with Crippen LogP contribution in [-0.4, -0.2) is 20.6 Å². The number of carbonyl (C=O) groups is 1. The van der Waals surface area contributed by atoms with Gasteiger partial charge in [0, 0.05) is 5.69 Å². The van der Waals surface area contributed by atoms with E-state index in [1.54, 1.807) is 0 Å². The summed E-state index contributed by atoms with van der Waals surface area (Å²) in [5.41, 5.74) is 2.90. The van der Waals surface area contributed by atoms with E-state index in [1.807, 2.05) is 32.0 Å². The summed E-state index contributed by atoms with van der Waals surface area (Å²) in [5, 5.41) is 17.5. The fourth-order valence-electron chi connectivity index (χ4n) is 2.11. The second-order valence-electron chi connectivity index (χ2n) is 4.87. The summed E-state index contributed by atoms with van der Waals surface area (Å²) in [6, 6.07) is 5.73. The zero-order valence-corrected chi connectivity index (χ0v) is 12.1. The largest absolute Gasteiger partial charge is 0.324 e. The Labute approximate surface area is 121 Å². The normalized spacial score (nSPS) is 10.4. The first-order valence-electron chi connectivity index (χ1n) is 6.43. The number of amides is 1. The highest BCUT2D eigenvalue weighted by Crippen LogP contribution is 2.20. The third-order valence-corrected chi connectivity index (χ3v) is 3.17. The summed E-state index contributed by atoms with van der Waals surface area (Å²) in [7, 11) is 0. The van der Waals surface area contributed by atoms with Crippen LogP contribution in [0.3, 0.4) is 0 Å². The van der Waals surface area contributed by atoms with E-state index in [4.69, 9.17) is 0 Å². The predicted octanol–water partition coefficient (Wildman–Crippen LogP) is 2.36. The average molecular weight is 288 g/mol. The Kier molecular flexibility index (Phi) is 4.02. The van der Waals surface area contributed by atoms with Gasteiger partial charge in [0.05, 0.1) is 4.92 Å². The zero-order chi connectivity index (χ0) is 15.6. The van der Waals surface area contributed by atoms with Crippen LogP contribution in [0.5, 0.6) is 0 Å². The Morgan fingerprint density at radius 3 is 2.48 bits per heavy atom. The van der Waals surface area contributed by atoms with Crippen molar-refractivity contribution < 1.29 is 9.72 Å². The second-order valence-corrected chi connectivity index (χ2v) is 4.87. The molecule has 0 fully saturated rings. The molecule has 2 rings (SSSR count). The molecule has 0 saturated heterocycles. The minimum Gasteiger partial charge on any atom is -0.324 e. The van der Waals surface area contributed by atoms with Crippen molar-refractivity contribution >= 4 is 17.3 Å². The molecule has 7 nitrogen and oxygen atoms in total. The average Bonchev–Trinajstić information content (AvgIpc) is 2.75. The predicted molar refractivity (Wildman–Crippen MR) is 78.2 cm³/mol. The fourth-order valence-corrected chi connectivity index (χ4v) is 2.11. The Morgan fingerprint density at radius 1 is 1.33 bits per heavy atom. The molecular formula is C14H16N4O3. The van der Waals surface area contributed by atoms with Gasteiger partial charge in [-0.25, -0.2) is 0 Å². The molecule has 0 saturated carbocycles. The molecule has 0 aliphatic carbocycles. The number of para-hydroxylation sites is 1. The maximum atomic E-state index is 12.0. The monoisotopic (exact) mass is 288 g/mol. The first kappa shape index (κ1) is 14.7. The van der Waals surface area contributed by atoms with Crippen LogP contribution in [0.2, 0.25) is 0 Å². The molecule has 0 spiro atoms. The summed E-state index contributed by atoms with van der Waals surface area (Å²) in [6.45, 7) is 5.29. The first-order valence-corrected chi connectivity index (χ1v) is 6.43. The third kappa shape index (κ3) is 3.25. The van der Waals surface area contributed by atoms with Crippen LogP contribution in [0.1, 0.15) is 16.8 Å². The highest BCUT2D eigenvalue weighted by atomic mass is 16.6. The molecule has 1 aromatic heterocycles. The molecule has 0 atom stereocenters. The number of nitrogens with one attached hydrogen (secondary N) is 1. The Balaban J connectivity index is 2.12. The number of hydrogen-bond donors (Lipinski definition) is 1. The lowest BCUT2D eigenvalue weighted by Crippen LogP contribution is -2.20. The summed E-state index contributed by atoms with van der Waals surface area (Å²) < 4.78 is 1.27. The van der Waals surface area contributed by atoms with Gasteiger partial charge >= 0.3 is 5.69 Å². The molecule has 21 heavy (non-hydrogen) atoms. The van der Waals surface area contributed by atoms with Crippen LogP contribution in [0.25, 0.3) is 0 Å². The van der Waals surface area contributed by atoms with E-state index >= 15 is 0 Å². The lowest BCUT2D eigenvalue weighted by atomic mass is 10.1. The zero-order valence-electron chi connectivity index (χ0n) is 12.1. The molecule has 0 bridgehead atoms. The van der Waals surface area contributed by atoms with E-state index in [0.29, 0.717) is 5.69 Å². The molecule has 0 aliphatic rings. The smallest absolute Gasteiger partial charge is 0.309 e. The summed E-state index contributed by atoms with van der Waals surface area (Å²) in [6.07, 6.45) is 1.26. The number of rotatable bonds is 4. The van der Waals surface area contributed by atoms with Crippen molar-refractivity contribution in [3.05, 3.63) is 51.3 Å². The number of aryl methyl sites for hydroxylation is 3. The molecular weight excluding hydrogens is 272 g/mol. The molecule has 0 radical (unpaired) electrons. The van der Waals surface area contributed by atoms with Crippen LogP contribution in [0.4, 0.5) is 11.4 Å². The highest BCUT2D eigenvalue weighted by molar-refractivity contribution is 5.92. The van der Waals surface area contributed by atoms with Crippen molar-refractivity contribution in [1.82, 2.24) is 9.78 Å². The number of nitro groups is 1. The topological polar surface area (TPSA) is 90.1 Å². The molecule has 0 aliphatic heterocycles. The number of nitrogens with zero attached hydrogens (tertiary/aromatic N) is 3. The summed E-state index contributed by atoms with van der Waals surface area (Å²) >= 11 is 0. The molecule has 0 unspecified atom stereocenters. The van der Waals surface area contributed by atoms with Crippen molar-refractivity contribution in [3.8, 4) is 0 Å². The van der Waals surface area contributed by atoms with E-state index in [-0.39, 0.29) is 18.1 Å². The Bertz CT molecular complexity index is 686. The van der Waals surface area contributed by atoms with Crippen LogP contribution >= 0.6 is 0 Å². The summed E-state index contributed by atoms with van der Waals surface area (Å²) in [4.78, 5) is 22.3. The highest BCUT2D eigenvalue weighted by Gasteiger charge is 2.17. The molecule has 1 N–H and O–H groups in total. The molecule has 7 heteroatoms. The summed E-state index contributed by atoms with van der Waals surface area (Å²) in [5.74, 6) is -0.273. The lowest BCUT2D eigenvalue weighted by Gasteiger charge is -2.11. The van der Waals surface area contributed by atoms with E-state index in [0.717, 1.165) is 16.8 Å². The molecule has 1 aromatic carbocycles. The van der Waals surface area contributed by atoms with Gasteiger partial charge in [-0.05, 0) is 31.9 Å². The van der Waals surface area contributed by atoms with Gasteiger partial charge in [-0.2, -0.15) is 5.10 Å². The van der Waals surface area contributed by atoms with Gasteiger partial charge in [0.15, 0.2) is 0 Å². The SMILES string of the molecule is Cc1cccc(C)c1NC(=O)Cn1cc([N+](=O)[O-])c(C)n1. The maximum Gasteiger partial charge on any atom is 0.309 e. The van der Waals surface area contributed by atoms with Crippen molar-refractivity contribution in [2.24, 2.45) is 0 Å². The minimum absolute atomic E-state index is 0.0670. The van der Waals surface area contributed by atoms with E-state index in [1.165, 1.54) is 17.8 Å². The van der Waals surface area contributed by atoms with Crippen molar-refractivity contribution in [1.29, 1.82) is 0 Å². The number of aromatic nitrogens is 2. The number of benzene rings is 1. The van der Waals surface area contributed by atoms with Gasteiger partial charge < -0.3 is 5.32 Å². The van der Waals surface area contributed by atoms with Crippen molar-refractivity contribution in [2.75, 3.05) is 5.32 Å². The van der Waals surface area contributed by atoms with Crippen LogP contribution in [0, 0.1) is 30.9 Å². The number of hydrogen-bond acceptors (Lipinski definition) is 4. The van der Waals surface area contributed by atoms with Crippen LogP contribution in [-0.2, 0) is 11.3 Å². The number of carbonyl (C=O) groups excluding carboxylic acids is 1. The Hall–Kier alpha value is -2.70. The van der Waals surface area contributed by atoms with Gasteiger partial charge in [-0.1, -0.05) is 18.2 Å². The van der Waals surface area contributed by atoms with E-state index in [2.05, 4.69) is 10.4 Å². The van der Waals surface area contributed by atoms with Crippen LogP contribution < -0.4 is 5.32 Å². The molecule has 2 aromatic rings. The maximum absolute atomic E-state index is 12.0. The van der Waals surface area contributed by atoms with Gasteiger partial charge in [-0.3, -0.25) is 19.6 Å². The molecule has 1 amide bonds. The van der Waals surface area contributed by atoms with E-state index in [9.17, 15) is 14.9 Å². The van der Waals surface area contributed by atoms with Crippen molar-refractivity contribution in [3.63, 3.8) is 0 Å². The number of anilines is 1. The van der Waals surface area contributed by atoms with Gasteiger partial charge in [0.2, 0.25) is 5.91 Å². The lowest BCUT2D eigenvalue weighted by molar-refractivity contribution is -0.385. The van der Waals surface area contributed by atoms with Crippen molar-refractivity contribution in [2.45, 2.75) is 27.3 Å². The van der Waals surface area contributed by atoms with Gasteiger partial charge in [0.1, 0.15) is 18.4 Å². The van der Waals surface area contributed by atoms with Gasteiger partial charge in [0.25, 0.3) is 0 Å². The van der Waals surface area contributed by atoms with Gasteiger partial charge in [-0.15, -0.1) is 0 Å². The van der Waals surface area contributed by atoms with E-state index < -0.39 is 4.92 Å². The fraction of sp³-hybridized carbons (Fsp3) is 0.286. The minimum atomic E-state index is -0.512.